The lowest BCUT2D eigenvalue weighted by Gasteiger charge is -1.92. The number of hydrogen-bond acceptors (Lipinski definition) is 2. The standard InChI is InChI=1S/C10H6N2O/c13-9-5-8-10(12-9)6-3-1-2-4-7(6)11-8/h1-5H,(H,12,13). The number of amides is 1. The van der Waals surface area contributed by atoms with Crippen LogP contribution in [0.15, 0.2) is 41.0 Å². The molecule has 0 spiro atoms. The molecule has 1 N–H and O–H groups in total. The predicted molar refractivity (Wildman–Crippen MR) is 46.9 cm³/mol. The largest absolute Gasteiger partial charge is 0.320 e. The van der Waals surface area contributed by atoms with E-state index < -0.39 is 0 Å². The molecule has 0 aliphatic carbocycles. The monoisotopic (exact) mass is 170 g/mol. The van der Waals surface area contributed by atoms with Crippen molar-refractivity contribution in [2.75, 3.05) is 0 Å². The molecular weight excluding hydrogens is 164 g/mol. The molecule has 1 aromatic rings. The number of carbonyl (C=O) groups is 1. The molecule has 13 heavy (non-hydrogen) atoms. The number of nitrogens with zero attached hydrogens (tertiary/aromatic N) is 1. The average molecular weight is 170 g/mol. The Bertz CT molecular complexity index is 555. The SMILES string of the molecule is O=C1C=C2N=c3ccccc3=C2N1. The first-order valence-corrected chi connectivity index (χ1v) is 4.06. The molecule has 0 fully saturated rings. The normalized spacial score (nSPS) is 17.4. The van der Waals surface area contributed by atoms with Crippen LogP contribution in [0, 0.1) is 0 Å². The zero-order valence-corrected chi connectivity index (χ0v) is 6.74. The van der Waals surface area contributed by atoms with Crippen molar-refractivity contribution in [3.05, 3.63) is 46.6 Å². The molecule has 2 aliphatic rings. The van der Waals surface area contributed by atoms with Crippen molar-refractivity contribution in [3.63, 3.8) is 0 Å². The maximum atomic E-state index is 11.0. The predicted octanol–water partition coefficient (Wildman–Crippen LogP) is -0.558. The number of carbonyl (C=O) groups excluding carboxylic acids is 1. The van der Waals surface area contributed by atoms with Crippen molar-refractivity contribution < 1.29 is 4.79 Å². The minimum atomic E-state index is -0.0803. The highest BCUT2D eigenvalue weighted by atomic mass is 16.1. The summed E-state index contributed by atoms with van der Waals surface area (Å²) in [5.74, 6) is -0.0803. The molecule has 3 heteroatoms. The van der Waals surface area contributed by atoms with Crippen LogP contribution in [-0.4, -0.2) is 5.91 Å². The van der Waals surface area contributed by atoms with E-state index in [2.05, 4.69) is 10.3 Å². The summed E-state index contributed by atoms with van der Waals surface area (Å²) in [5, 5.41) is 4.71. The van der Waals surface area contributed by atoms with Gasteiger partial charge in [0.1, 0.15) is 0 Å². The molecule has 62 valence electrons. The molecule has 2 aliphatic heterocycles. The van der Waals surface area contributed by atoms with Gasteiger partial charge < -0.3 is 5.32 Å². The minimum Gasteiger partial charge on any atom is -0.320 e. The zero-order chi connectivity index (χ0) is 8.84. The van der Waals surface area contributed by atoms with E-state index in [1.807, 2.05) is 24.3 Å². The van der Waals surface area contributed by atoms with Gasteiger partial charge in [-0.05, 0) is 6.07 Å². The van der Waals surface area contributed by atoms with Crippen LogP contribution in [0.5, 0.6) is 0 Å². The van der Waals surface area contributed by atoms with Gasteiger partial charge in [0.25, 0.3) is 5.91 Å². The topological polar surface area (TPSA) is 41.5 Å². The minimum absolute atomic E-state index is 0.0803. The molecule has 3 nitrogen and oxygen atoms in total. The average Bonchev–Trinajstić information content (AvgIpc) is 2.60. The molecule has 1 aromatic carbocycles. The number of hydrogen-bond donors (Lipinski definition) is 1. The summed E-state index contributed by atoms with van der Waals surface area (Å²) in [6.07, 6.45) is 1.52. The van der Waals surface area contributed by atoms with Gasteiger partial charge in [-0.25, -0.2) is 4.99 Å². The Morgan fingerprint density at radius 1 is 1.23 bits per heavy atom. The molecule has 0 unspecified atom stereocenters. The second-order valence-corrected chi connectivity index (χ2v) is 3.02. The molecule has 3 rings (SSSR count). The van der Waals surface area contributed by atoms with E-state index in [1.165, 1.54) is 6.08 Å². The van der Waals surface area contributed by atoms with E-state index >= 15 is 0 Å². The van der Waals surface area contributed by atoms with Crippen LogP contribution < -0.4 is 15.9 Å². The lowest BCUT2D eigenvalue weighted by Crippen LogP contribution is -2.27. The van der Waals surface area contributed by atoms with Crippen molar-refractivity contribution in [1.29, 1.82) is 0 Å². The highest BCUT2D eigenvalue weighted by molar-refractivity contribution is 6.02. The van der Waals surface area contributed by atoms with Crippen LogP contribution in [0.4, 0.5) is 0 Å². The fourth-order valence-electron chi connectivity index (χ4n) is 1.63. The first-order valence-electron chi connectivity index (χ1n) is 4.06. The first-order chi connectivity index (χ1) is 6.34. The number of benzene rings is 1. The Hall–Kier alpha value is -1.90. The third kappa shape index (κ3) is 0.783. The maximum Gasteiger partial charge on any atom is 0.250 e. The van der Waals surface area contributed by atoms with Crippen LogP contribution in [0.25, 0.3) is 5.70 Å². The molecule has 0 saturated carbocycles. The number of nitrogens with one attached hydrogen (secondary N) is 1. The summed E-state index contributed by atoms with van der Waals surface area (Å²) in [7, 11) is 0. The van der Waals surface area contributed by atoms with Gasteiger partial charge in [0.2, 0.25) is 0 Å². The van der Waals surface area contributed by atoms with E-state index in [0.29, 0.717) is 0 Å². The third-order valence-electron chi connectivity index (χ3n) is 2.19. The smallest absolute Gasteiger partial charge is 0.250 e. The Morgan fingerprint density at radius 3 is 3.00 bits per heavy atom. The summed E-state index contributed by atoms with van der Waals surface area (Å²) >= 11 is 0. The number of rotatable bonds is 0. The van der Waals surface area contributed by atoms with E-state index in [4.69, 9.17) is 0 Å². The Kier molecular flexibility index (Phi) is 1.05. The van der Waals surface area contributed by atoms with Crippen molar-refractivity contribution in [1.82, 2.24) is 5.32 Å². The Labute approximate surface area is 74.1 Å². The van der Waals surface area contributed by atoms with Crippen molar-refractivity contribution >= 4 is 11.6 Å². The van der Waals surface area contributed by atoms with Crippen molar-refractivity contribution in [2.24, 2.45) is 4.99 Å². The van der Waals surface area contributed by atoms with E-state index in [1.54, 1.807) is 0 Å². The molecule has 1 amide bonds. The van der Waals surface area contributed by atoms with Gasteiger partial charge in [-0.2, -0.15) is 0 Å². The van der Waals surface area contributed by atoms with Gasteiger partial charge in [-0.3, -0.25) is 4.79 Å². The Balaban J connectivity index is 2.47. The van der Waals surface area contributed by atoms with Gasteiger partial charge >= 0.3 is 0 Å². The van der Waals surface area contributed by atoms with E-state index in [9.17, 15) is 4.79 Å². The maximum absolute atomic E-state index is 11.0. The fourth-order valence-corrected chi connectivity index (χ4v) is 1.63. The quantitative estimate of drug-likeness (QED) is 0.557. The van der Waals surface area contributed by atoms with Crippen LogP contribution in [0.3, 0.4) is 0 Å². The van der Waals surface area contributed by atoms with Crippen molar-refractivity contribution in [3.8, 4) is 0 Å². The molecular formula is C10H6N2O. The van der Waals surface area contributed by atoms with Crippen molar-refractivity contribution in [2.45, 2.75) is 0 Å². The van der Waals surface area contributed by atoms with Crippen LogP contribution >= 0.6 is 0 Å². The number of para-hydroxylation sites is 1. The fraction of sp³-hybridized carbons (Fsp3) is 0. The van der Waals surface area contributed by atoms with Gasteiger partial charge in [0, 0.05) is 11.3 Å². The molecule has 0 saturated heterocycles. The second-order valence-electron chi connectivity index (χ2n) is 3.02. The number of fused-ring (bicyclic) bond motifs is 2. The summed E-state index contributed by atoms with van der Waals surface area (Å²) in [4.78, 5) is 15.3. The first kappa shape index (κ1) is 6.60. The van der Waals surface area contributed by atoms with Crippen LogP contribution in [0.1, 0.15) is 0 Å². The van der Waals surface area contributed by atoms with Gasteiger partial charge in [-0.1, -0.05) is 18.2 Å². The van der Waals surface area contributed by atoms with Crippen LogP contribution in [0.2, 0.25) is 0 Å². The van der Waals surface area contributed by atoms with E-state index in [-0.39, 0.29) is 5.91 Å². The van der Waals surface area contributed by atoms with E-state index in [0.717, 1.165) is 22.0 Å². The molecule has 0 atom stereocenters. The zero-order valence-electron chi connectivity index (χ0n) is 6.74. The second kappa shape index (κ2) is 2.07. The molecule has 0 aromatic heterocycles. The highest BCUT2D eigenvalue weighted by Crippen LogP contribution is 2.15. The lowest BCUT2D eigenvalue weighted by molar-refractivity contribution is -0.115. The van der Waals surface area contributed by atoms with Gasteiger partial charge in [0.05, 0.1) is 16.8 Å². The Morgan fingerprint density at radius 2 is 2.08 bits per heavy atom. The molecule has 0 radical (unpaired) electrons. The highest BCUT2D eigenvalue weighted by Gasteiger charge is 2.20. The van der Waals surface area contributed by atoms with Gasteiger partial charge in [0.15, 0.2) is 0 Å². The molecule has 2 heterocycles. The summed E-state index contributed by atoms with van der Waals surface area (Å²) < 4.78 is 0. The lowest BCUT2D eigenvalue weighted by atomic mass is 10.2. The third-order valence-corrected chi connectivity index (χ3v) is 2.19. The van der Waals surface area contributed by atoms with Gasteiger partial charge in [-0.15, -0.1) is 0 Å². The summed E-state index contributed by atoms with van der Waals surface area (Å²) in [6.45, 7) is 0. The summed E-state index contributed by atoms with van der Waals surface area (Å²) in [5.41, 5.74) is 1.60. The van der Waals surface area contributed by atoms with Crippen LogP contribution in [-0.2, 0) is 4.79 Å². The summed E-state index contributed by atoms with van der Waals surface area (Å²) in [6, 6.07) is 7.77. The molecule has 0 bridgehead atoms.